The Morgan fingerprint density at radius 1 is 0.926 bits per heavy atom. The number of nitrogens with zero attached hydrogens (tertiary/aromatic N) is 3. The standard InChI is InChI=1S/C17H10F5N3O2/c1-8-10(24-25(23-8)9-5-3-2-4-6-9)7-11(26)27-17-15(21)13(19)12(18)14(20)16(17)22/h2-6H,7H2,1H3. The van der Waals surface area contributed by atoms with E-state index in [1.54, 1.807) is 30.3 Å². The van der Waals surface area contributed by atoms with Crippen molar-refractivity contribution in [2.24, 2.45) is 0 Å². The predicted molar refractivity (Wildman–Crippen MR) is 81.7 cm³/mol. The molecular formula is C17H10F5N3O2. The fraction of sp³-hybridized carbons (Fsp3) is 0.118. The Morgan fingerprint density at radius 2 is 1.48 bits per heavy atom. The van der Waals surface area contributed by atoms with Gasteiger partial charge < -0.3 is 4.74 Å². The lowest BCUT2D eigenvalue weighted by Crippen LogP contribution is -2.16. The highest BCUT2D eigenvalue weighted by Gasteiger charge is 2.29. The summed E-state index contributed by atoms with van der Waals surface area (Å²) in [6, 6.07) is 8.67. The molecule has 0 amide bonds. The summed E-state index contributed by atoms with van der Waals surface area (Å²) < 4.78 is 70.8. The number of aromatic nitrogens is 3. The summed E-state index contributed by atoms with van der Waals surface area (Å²) in [6.45, 7) is 1.54. The normalized spacial score (nSPS) is 10.9. The zero-order valence-corrected chi connectivity index (χ0v) is 13.6. The van der Waals surface area contributed by atoms with Gasteiger partial charge in [0, 0.05) is 0 Å². The van der Waals surface area contributed by atoms with Gasteiger partial charge in [0.05, 0.1) is 23.5 Å². The van der Waals surface area contributed by atoms with Crippen LogP contribution in [-0.4, -0.2) is 21.0 Å². The first-order valence-electron chi connectivity index (χ1n) is 7.50. The third-order valence-electron chi connectivity index (χ3n) is 3.56. The average molecular weight is 383 g/mol. The molecule has 0 aliphatic rings. The highest BCUT2D eigenvalue weighted by atomic mass is 19.2. The van der Waals surface area contributed by atoms with E-state index in [1.807, 2.05) is 0 Å². The Bertz CT molecular complexity index is 992. The minimum Gasteiger partial charge on any atom is -0.420 e. The van der Waals surface area contributed by atoms with Crippen molar-refractivity contribution in [1.82, 2.24) is 15.0 Å². The first-order chi connectivity index (χ1) is 12.8. The maximum atomic E-state index is 13.6. The van der Waals surface area contributed by atoms with Crippen LogP contribution in [-0.2, 0) is 11.2 Å². The summed E-state index contributed by atoms with van der Waals surface area (Å²) in [5, 5.41) is 8.16. The van der Waals surface area contributed by atoms with E-state index >= 15 is 0 Å². The molecule has 0 aliphatic carbocycles. The van der Waals surface area contributed by atoms with E-state index in [0.717, 1.165) is 0 Å². The molecular weight excluding hydrogens is 373 g/mol. The third-order valence-corrected chi connectivity index (χ3v) is 3.56. The molecule has 0 fully saturated rings. The number of benzene rings is 2. The molecule has 0 spiro atoms. The molecule has 3 rings (SSSR count). The lowest BCUT2D eigenvalue weighted by atomic mass is 10.2. The van der Waals surface area contributed by atoms with Crippen LogP contribution in [0.15, 0.2) is 30.3 Å². The second-order valence-corrected chi connectivity index (χ2v) is 5.41. The van der Waals surface area contributed by atoms with Crippen LogP contribution in [0, 0.1) is 36.0 Å². The van der Waals surface area contributed by atoms with Gasteiger partial charge in [0.15, 0.2) is 0 Å². The molecule has 0 radical (unpaired) electrons. The summed E-state index contributed by atoms with van der Waals surface area (Å²) in [5.41, 5.74) is 1.04. The van der Waals surface area contributed by atoms with Gasteiger partial charge in [-0.3, -0.25) is 4.79 Å². The number of rotatable bonds is 4. The number of halogens is 5. The number of para-hydroxylation sites is 1. The molecule has 27 heavy (non-hydrogen) atoms. The van der Waals surface area contributed by atoms with Crippen molar-refractivity contribution >= 4 is 5.97 Å². The van der Waals surface area contributed by atoms with Gasteiger partial charge in [-0.25, -0.2) is 13.2 Å². The van der Waals surface area contributed by atoms with Crippen molar-refractivity contribution < 1.29 is 31.5 Å². The van der Waals surface area contributed by atoms with E-state index in [9.17, 15) is 26.7 Å². The Morgan fingerprint density at radius 3 is 2.07 bits per heavy atom. The van der Waals surface area contributed by atoms with Crippen LogP contribution in [0.3, 0.4) is 0 Å². The molecule has 1 aromatic heterocycles. The van der Waals surface area contributed by atoms with Crippen molar-refractivity contribution in [1.29, 1.82) is 0 Å². The molecule has 0 saturated heterocycles. The first-order valence-corrected chi connectivity index (χ1v) is 7.50. The third kappa shape index (κ3) is 3.50. The quantitative estimate of drug-likeness (QED) is 0.228. The minimum absolute atomic E-state index is 0.118. The van der Waals surface area contributed by atoms with Crippen LogP contribution in [0.25, 0.3) is 5.69 Å². The van der Waals surface area contributed by atoms with Gasteiger partial charge in [-0.05, 0) is 19.1 Å². The maximum absolute atomic E-state index is 13.6. The molecule has 1 heterocycles. The lowest BCUT2D eigenvalue weighted by Gasteiger charge is -2.08. The largest absolute Gasteiger partial charge is 0.420 e. The molecule has 10 heteroatoms. The van der Waals surface area contributed by atoms with Crippen molar-refractivity contribution in [2.45, 2.75) is 13.3 Å². The topological polar surface area (TPSA) is 57.0 Å². The molecule has 0 bridgehead atoms. The van der Waals surface area contributed by atoms with E-state index in [1.165, 1.54) is 11.7 Å². The Kier molecular flexibility index (Phi) is 4.89. The Labute approximate surface area is 149 Å². The smallest absolute Gasteiger partial charge is 0.317 e. The van der Waals surface area contributed by atoms with E-state index in [-0.39, 0.29) is 5.69 Å². The molecule has 140 valence electrons. The Balaban J connectivity index is 1.83. The van der Waals surface area contributed by atoms with Crippen molar-refractivity contribution in [2.75, 3.05) is 0 Å². The summed E-state index contributed by atoms with van der Waals surface area (Å²) in [5.74, 6) is -14.1. The molecule has 2 aromatic carbocycles. The maximum Gasteiger partial charge on any atom is 0.317 e. The second kappa shape index (κ2) is 7.14. The summed E-state index contributed by atoms with van der Waals surface area (Å²) in [6.07, 6.45) is -0.585. The minimum atomic E-state index is -2.34. The van der Waals surface area contributed by atoms with Crippen LogP contribution in [0.5, 0.6) is 5.75 Å². The molecule has 3 aromatic rings. The van der Waals surface area contributed by atoms with Crippen molar-refractivity contribution in [3.8, 4) is 11.4 Å². The van der Waals surface area contributed by atoms with Crippen LogP contribution in [0.1, 0.15) is 11.4 Å². The molecule has 5 nitrogen and oxygen atoms in total. The number of hydrogen-bond acceptors (Lipinski definition) is 4. The number of ether oxygens (including phenoxy) is 1. The Hall–Kier alpha value is -3.30. The van der Waals surface area contributed by atoms with Gasteiger partial charge in [0.25, 0.3) is 0 Å². The molecule has 0 aliphatic heterocycles. The number of carbonyl (C=O) groups is 1. The zero-order valence-electron chi connectivity index (χ0n) is 13.6. The molecule has 0 N–H and O–H groups in total. The zero-order chi connectivity index (χ0) is 19.7. The second-order valence-electron chi connectivity index (χ2n) is 5.41. The predicted octanol–water partition coefficient (Wildman–Crippen LogP) is 3.42. The number of hydrogen-bond donors (Lipinski definition) is 0. The number of esters is 1. The summed E-state index contributed by atoms with van der Waals surface area (Å²) >= 11 is 0. The fourth-order valence-electron chi connectivity index (χ4n) is 2.21. The van der Waals surface area contributed by atoms with Gasteiger partial charge in [0.2, 0.25) is 34.8 Å². The summed E-state index contributed by atoms with van der Waals surface area (Å²) in [7, 11) is 0. The van der Waals surface area contributed by atoms with Crippen LogP contribution in [0.4, 0.5) is 22.0 Å². The molecule has 0 unspecified atom stereocenters. The van der Waals surface area contributed by atoms with Crippen LogP contribution in [0.2, 0.25) is 0 Å². The summed E-state index contributed by atoms with van der Waals surface area (Å²) in [4.78, 5) is 13.2. The highest BCUT2D eigenvalue weighted by molar-refractivity contribution is 5.75. The number of aryl methyl sites for hydroxylation is 1. The van der Waals surface area contributed by atoms with E-state index in [0.29, 0.717) is 11.4 Å². The monoisotopic (exact) mass is 383 g/mol. The van der Waals surface area contributed by atoms with Gasteiger partial charge in [-0.1, -0.05) is 18.2 Å². The SMILES string of the molecule is Cc1nn(-c2ccccc2)nc1CC(=O)Oc1c(F)c(F)c(F)c(F)c1F. The van der Waals surface area contributed by atoms with Gasteiger partial charge in [-0.2, -0.15) is 23.8 Å². The number of carbonyl (C=O) groups excluding carboxylic acids is 1. The van der Waals surface area contributed by atoms with E-state index in [2.05, 4.69) is 14.9 Å². The molecule has 0 saturated carbocycles. The molecule has 0 atom stereocenters. The fourth-order valence-corrected chi connectivity index (χ4v) is 2.21. The average Bonchev–Trinajstić information content (AvgIpc) is 3.03. The van der Waals surface area contributed by atoms with Gasteiger partial charge in [-0.15, -0.1) is 0 Å². The van der Waals surface area contributed by atoms with Gasteiger partial charge >= 0.3 is 5.97 Å². The van der Waals surface area contributed by atoms with E-state index in [4.69, 9.17) is 0 Å². The highest BCUT2D eigenvalue weighted by Crippen LogP contribution is 2.29. The van der Waals surface area contributed by atoms with E-state index < -0.39 is 47.2 Å². The first kappa shape index (κ1) is 18.5. The van der Waals surface area contributed by atoms with Crippen molar-refractivity contribution in [3.63, 3.8) is 0 Å². The van der Waals surface area contributed by atoms with Crippen LogP contribution >= 0.6 is 0 Å². The lowest BCUT2D eigenvalue weighted by molar-refractivity contribution is -0.134. The van der Waals surface area contributed by atoms with Gasteiger partial charge in [0.1, 0.15) is 0 Å². The van der Waals surface area contributed by atoms with Crippen LogP contribution < -0.4 is 4.74 Å². The van der Waals surface area contributed by atoms with Crippen molar-refractivity contribution in [3.05, 3.63) is 70.8 Å².